The molecule has 4 rings (SSSR count). The van der Waals surface area contributed by atoms with Crippen LogP contribution in [0, 0.1) is 11.6 Å². The Labute approximate surface area is 198 Å². The summed E-state index contributed by atoms with van der Waals surface area (Å²) in [4.78, 5) is 14.6. The molecule has 0 N–H and O–H groups in total. The van der Waals surface area contributed by atoms with Crippen LogP contribution in [0.1, 0.15) is 44.4 Å². The molecule has 2 aromatic carbocycles. The number of carbonyl (C=O) groups is 1. The van der Waals surface area contributed by atoms with Gasteiger partial charge in [0, 0.05) is 25.6 Å². The molecule has 1 atom stereocenters. The zero-order valence-corrected chi connectivity index (χ0v) is 19.5. The van der Waals surface area contributed by atoms with Crippen molar-refractivity contribution in [2.24, 2.45) is 0 Å². The maximum absolute atomic E-state index is 14.5. The van der Waals surface area contributed by atoms with Crippen molar-refractivity contribution in [3.63, 3.8) is 0 Å². The van der Waals surface area contributed by atoms with Gasteiger partial charge in [-0.1, -0.05) is 32.0 Å². The lowest BCUT2D eigenvalue weighted by atomic mass is 10.1. The Kier molecular flexibility index (Phi) is 7.57. The molecule has 2 heterocycles. The van der Waals surface area contributed by atoms with Crippen LogP contribution in [0.4, 0.5) is 8.78 Å². The Balaban J connectivity index is 1.77. The van der Waals surface area contributed by atoms with Gasteiger partial charge in [-0.3, -0.25) is 4.79 Å². The van der Waals surface area contributed by atoms with Gasteiger partial charge in [0.05, 0.1) is 29.6 Å². The molecule has 1 amide bonds. The molecule has 34 heavy (non-hydrogen) atoms. The van der Waals surface area contributed by atoms with Crippen molar-refractivity contribution in [3.05, 3.63) is 71.4 Å². The van der Waals surface area contributed by atoms with E-state index in [1.807, 2.05) is 44.2 Å². The third-order valence-electron chi connectivity index (χ3n) is 5.91. The average molecular weight is 470 g/mol. The number of hydrogen-bond donors (Lipinski definition) is 0. The molecule has 1 aliphatic heterocycles. The molecule has 0 saturated carbocycles. The summed E-state index contributed by atoms with van der Waals surface area (Å²) in [5.74, 6) is -1.33. The normalized spacial score (nSPS) is 15.5. The minimum atomic E-state index is -0.814. The highest BCUT2D eigenvalue weighted by atomic mass is 19.1. The standard InChI is InChI=1S/C26H29F2N3O3/c1-3-23-21(17-30(25(32)4-2)16-20-11-8-14-33-20)26(31(29-23)19-9-6-5-7-10-19)34-24-13-12-18(27)15-22(24)28/h5-7,9-10,12-13,15,20H,3-4,8,11,14,16-17H2,1-2H3/t20-/m1/s1. The lowest BCUT2D eigenvalue weighted by Crippen LogP contribution is -2.36. The van der Waals surface area contributed by atoms with Crippen LogP contribution in [0.25, 0.3) is 5.69 Å². The first-order valence-corrected chi connectivity index (χ1v) is 11.7. The van der Waals surface area contributed by atoms with Crippen LogP contribution in [0.2, 0.25) is 0 Å². The van der Waals surface area contributed by atoms with Crippen molar-refractivity contribution in [2.45, 2.75) is 52.2 Å². The Morgan fingerprint density at radius 1 is 1.21 bits per heavy atom. The van der Waals surface area contributed by atoms with Crippen molar-refractivity contribution < 1.29 is 23.0 Å². The van der Waals surface area contributed by atoms with Crippen LogP contribution in [-0.4, -0.2) is 39.8 Å². The third kappa shape index (κ3) is 5.28. The minimum Gasteiger partial charge on any atom is -0.435 e. The second-order valence-corrected chi connectivity index (χ2v) is 8.27. The molecule has 6 nitrogen and oxygen atoms in total. The van der Waals surface area contributed by atoms with Gasteiger partial charge in [0.2, 0.25) is 11.8 Å². The van der Waals surface area contributed by atoms with E-state index in [0.717, 1.165) is 36.4 Å². The topological polar surface area (TPSA) is 56.6 Å². The van der Waals surface area contributed by atoms with E-state index in [4.69, 9.17) is 14.6 Å². The van der Waals surface area contributed by atoms with E-state index in [1.54, 1.807) is 9.58 Å². The summed E-state index contributed by atoms with van der Waals surface area (Å²) in [5, 5.41) is 4.74. The van der Waals surface area contributed by atoms with Crippen molar-refractivity contribution in [3.8, 4) is 17.3 Å². The Morgan fingerprint density at radius 3 is 2.65 bits per heavy atom. The number of aryl methyl sites for hydroxylation is 1. The summed E-state index contributed by atoms with van der Waals surface area (Å²) >= 11 is 0. The van der Waals surface area contributed by atoms with Crippen LogP contribution < -0.4 is 4.74 Å². The molecule has 1 aliphatic rings. The van der Waals surface area contributed by atoms with Gasteiger partial charge in [0.1, 0.15) is 5.82 Å². The lowest BCUT2D eigenvalue weighted by Gasteiger charge is -2.25. The van der Waals surface area contributed by atoms with Gasteiger partial charge in [0.25, 0.3) is 0 Å². The predicted molar refractivity (Wildman–Crippen MR) is 124 cm³/mol. The summed E-state index contributed by atoms with van der Waals surface area (Å²) in [6, 6.07) is 12.5. The fraction of sp³-hybridized carbons (Fsp3) is 0.385. The minimum absolute atomic E-state index is 0.0103. The molecule has 0 spiro atoms. The number of rotatable bonds is 9. The van der Waals surface area contributed by atoms with Gasteiger partial charge < -0.3 is 14.4 Å². The number of halogens is 2. The maximum Gasteiger partial charge on any atom is 0.228 e. The van der Waals surface area contributed by atoms with Crippen LogP contribution in [0.5, 0.6) is 11.6 Å². The van der Waals surface area contributed by atoms with Crippen LogP contribution >= 0.6 is 0 Å². The van der Waals surface area contributed by atoms with E-state index in [2.05, 4.69) is 0 Å². The lowest BCUT2D eigenvalue weighted by molar-refractivity contribution is -0.133. The van der Waals surface area contributed by atoms with E-state index >= 15 is 0 Å². The monoisotopic (exact) mass is 469 g/mol. The summed E-state index contributed by atoms with van der Waals surface area (Å²) in [6.07, 6.45) is 2.81. The molecule has 8 heteroatoms. The van der Waals surface area contributed by atoms with Gasteiger partial charge in [-0.25, -0.2) is 13.5 Å². The van der Waals surface area contributed by atoms with Gasteiger partial charge in [-0.2, -0.15) is 5.10 Å². The van der Waals surface area contributed by atoms with Crippen molar-refractivity contribution >= 4 is 5.91 Å². The van der Waals surface area contributed by atoms with Crippen molar-refractivity contribution in [2.75, 3.05) is 13.2 Å². The highest BCUT2D eigenvalue weighted by Gasteiger charge is 2.27. The highest BCUT2D eigenvalue weighted by molar-refractivity contribution is 5.76. The van der Waals surface area contributed by atoms with Crippen molar-refractivity contribution in [1.29, 1.82) is 0 Å². The average Bonchev–Trinajstić information content (AvgIpc) is 3.48. The summed E-state index contributed by atoms with van der Waals surface area (Å²) in [6.45, 7) is 5.21. The number of ether oxygens (including phenoxy) is 2. The van der Waals surface area contributed by atoms with E-state index in [9.17, 15) is 13.6 Å². The van der Waals surface area contributed by atoms with E-state index in [1.165, 1.54) is 6.07 Å². The van der Waals surface area contributed by atoms with Gasteiger partial charge >= 0.3 is 0 Å². The second kappa shape index (κ2) is 10.8. The van der Waals surface area contributed by atoms with Crippen LogP contribution in [-0.2, 0) is 22.5 Å². The first kappa shape index (κ1) is 23.9. The predicted octanol–water partition coefficient (Wildman–Crippen LogP) is 5.42. The molecule has 0 unspecified atom stereocenters. The zero-order chi connectivity index (χ0) is 24.1. The number of para-hydroxylation sites is 1. The number of amides is 1. The molecule has 180 valence electrons. The first-order valence-electron chi connectivity index (χ1n) is 11.7. The molecule has 0 radical (unpaired) electrons. The van der Waals surface area contributed by atoms with Crippen LogP contribution in [0.15, 0.2) is 48.5 Å². The summed E-state index contributed by atoms with van der Waals surface area (Å²) < 4.78 is 41.4. The SMILES string of the molecule is CCC(=O)N(Cc1c(CC)nn(-c2ccccc2)c1Oc1ccc(F)cc1F)C[C@H]1CCCO1. The van der Waals surface area contributed by atoms with Crippen LogP contribution in [0.3, 0.4) is 0 Å². The van der Waals surface area contributed by atoms with E-state index < -0.39 is 11.6 Å². The fourth-order valence-electron chi connectivity index (χ4n) is 4.14. The highest BCUT2D eigenvalue weighted by Crippen LogP contribution is 2.34. The van der Waals surface area contributed by atoms with Gasteiger partial charge in [0.15, 0.2) is 11.6 Å². The largest absolute Gasteiger partial charge is 0.435 e. The first-order chi connectivity index (χ1) is 16.5. The number of benzene rings is 2. The quantitative estimate of drug-likeness (QED) is 0.420. The number of carbonyl (C=O) groups excluding carboxylic acids is 1. The third-order valence-corrected chi connectivity index (χ3v) is 5.91. The smallest absolute Gasteiger partial charge is 0.228 e. The summed E-state index contributed by atoms with van der Waals surface area (Å²) in [7, 11) is 0. The molecule has 3 aromatic rings. The second-order valence-electron chi connectivity index (χ2n) is 8.27. The van der Waals surface area contributed by atoms with E-state index in [-0.39, 0.29) is 24.3 Å². The number of nitrogens with zero attached hydrogens (tertiary/aromatic N) is 3. The zero-order valence-electron chi connectivity index (χ0n) is 19.5. The van der Waals surface area contributed by atoms with Crippen molar-refractivity contribution in [1.82, 2.24) is 14.7 Å². The fourth-order valence-corrected chi connectivity index (χ4v) is 4.14. The van der Waals surface area contributed by atoms with Gasteiger partial charge in [-0.15, -0.1) is 0 Å². The number of hydrogen-bond acceptors (Lipinski definition) is 4. The molecular weight excluding hydrogens is 440 g/mol. The number of aromatic nitrogens is 2. The van der Waals surface area contributed by atoms with Gasteiger partial charge in [-0.05, 0) is 43.5 Å². The molecular formula is C26H29F2N3O3. The maximum atomic E-state index is 14.5. The Hall–Kier alpha value is -3.26. The summed E-state index contributed by atoms with van der Waals surface area (Å²) in [5.41, 5.74) is 2.16. The Morgan fingerprint density at radius 2 is 2.00 bits per heavy atom. The molecule has 0 aliphatic carbocycles. The Bertz CT molecular complexity index is 1130. The molecule has 1 saturated heterocycles. The van der Waals surface area contributed by atoms with E-state index in [0.29, 0.717) is 37.4 Å². The molecule has 0 bridgehead atoms. The molecule has 1 aromatic heterocycles. The molecule has 1 fully saturated rings.